The summed E-state index contributed by atoms with van der Waals surface area (Å²) in [6.45, 7) is 3.02. The zero-order valence-electron chi connectivity index (χ0n) is 11.2. The van der Waals surface area contributed by atoms with Gasteiger partial charge >= 0.3 is 0 Å². The second-order valence-corrected chi connectivity index (χ2v) is 5.76. The van der Waals surface area contributed by atoms with Crippen LogP contribution in [0.25, 0.3) is 6.08 Å². The van der Waals surface area contributed by atoms with Crippen LogP contribution in [0.5, 0.6) is 0 Å². The van der Waals surface area contributed by atoms with Gasteiger partial charge in [-0.25, -0.2) is 0 Å². The zero-order valence-corrected chi connectivity index (χ0v) is 11.2. The van der Waals surface area contributed by atoms with Crippen molar-refractivity contribution in [2.75, 3.05) is 13.1 Å². The highest BCUT2D eigenvalue weighted by Gasteiger charge is 2.52. The van der Waals surface area contributed by atoms with E-state index in [1.54, 1.807) is 11.0 Å². The van der Waals surface area contributed by atoms with Crippen molar-refractivity contribution in [3.8, 4) is 0 Å². The van der Waals surface area contributed by atoms with Crippen LogP contribution in [0.3, 0.4) is 0 Å². The molecule has 1 saturated carbocycles. The SMILES string of the molecule is Cc1ccccc1C=CC(=O)N1CC(O)(C2CC2)C1. The Morgan fingerprint density at radius 2 is 2.05 bits per heavy atom. The third-order valence-electron chi connectivity index (χ3n) is 4.17. The Bertz CT molecular complexity index is 525. The summed E-state index contributed by atoms with van der Waals surface area (Å²) >= 11 is 0. The highest BCUT2D eigenvalue weighted by molar-refractivity contribution is 5.92. The first-order valence-electron chi connectivity index (χ1n) is 6.83. The molecule has 1 saturated heterocycles. The van der Waals surface area contributed by atoms with Crippen LogP contribution in [0.15, 0.2) is 30.3 Å². The average molecular weight is 257 g/mol. The molecule has 1 aromatic carbocycles. The van der Waals surface area contributed by atoms with Gasteiger partial charge in [0.05, 0.1) is 13.1 Å². The minimum absolute atomic E-state index is 0.00595. The topological polar surface area (TPSA) is 40.5 Å². The van der Waals surface area contributed by atoms with Gasteiger partial charge in [-0.15, -0.1) is 0 Å². The van der Waals surface area contributed by atoms with Gasteiger partial charge in [-0.3, -0.25) is 4.79 Å². The normalized spacial score (nSPS) is 21.5. The number of rotatable bonds is 3. The largest absolute Gasteiger partial charge is 0.386 e. The first kappa shape index (κ1) is 12.4. The molecule has 2 aliphatic rings. The van der Waals surface area contributed by atoms with Crippen molar-refractivity contribution in [2.24, 2.45) is 5.92 Å². The van der Waals surface area contributed by atoms with E-state index in [1.807, 2.05) is 37.3 Å². The quantitative estimate of drug-likeness (QED) is 0.841. The summed E-state index contributed by atoms with van der Waals surface area (Å²) in [7, 11) is 0. The van der Waals surface area contributed by atoms with Crippen molar-refractivity contribution in [3.05, 3.63) is 41.5 Å². The number of carbonyl (C=O) groups is 1. The summed E-state index contributed by atoms with van der Waals surface area (Å²) in [5, 5.41) is 10.2. The first-order valence-corrected chi connectivity index (χ1v) is 6.83. The van der Waals surface area contributed by atoms with Gasteiger partial charge in [0.2, 0.25) is 5.91 Å². The summed E-state index contributed by atoms with van der Waals surface area (Å²) in [6, 6.07) is 7.97. The average Bonchev–Trinajstić information content (AvgIpc) is 3.18. The van der Waals surface area contributed by atoms with Gasteiger partial charge in [0.15, 0.2) is 0 Å². The fraction of sp³-hybridized carbons (Fsp3) is 0.438. The van der Waals surface area contributed by atoms with Gasteiger partial charge in [0.1, 0.15) is 5.60 Å². The minimum Gasteiger partial charge on any atom is -0.386 e. The summed E-state index contributed by atoms with van der Waals surface area (Å²) in [6.07, 6.45) is 5.68. The maximum atomic E-state index is 12.0. The summed E-state index contributed by atoms with van der Waals surface area (Å²) in [5.74, 6) is 0.422. The van der Waals surface area contributed by atoms with Crippen molar-refractivity contribution in [1.29, 1.82) is 0 Å². The lowest BCUT2D eigenvalue weighted by molar-refractivity contribution is -0.154. The molecule has 1 N–H and O–H groups in total. The standard InChI is InChI=1S/C16H19NO2/c1-12-4-2-3-5-13(12)6-9-15(18)17-10-16(19,11-17)14-7-8-14/h2-6,9,14,19H,7-8,10-11H2,1H3. The number of nitrogens with zero attached hydrogens (tertiary/aromatic N) is 1. The molecule has 1 aliphatic heterocycles. The number of carbonyl (C=O) groups excluding carboxylic acids is 1. The molecule has 0 aromatic heterocycles. The summed E-state index contributed by atoms with van der Waals surface area (Å²) in [5.41, 5.74) is 1.63. The molecule has 100 valence electrons. The second-order valence-electron chi connectivity index (χ2n) is 5.76. The molecular formula is C16H19NO2. The number of aliphatic hydroxyl groups is 1. The van der Waals surface area contributed by atoms with Gasteiger partial charge in [-0.2, -0.15) is 0 Å². The molecule has 2 fully saturated rings. The van der Waals surface area contributed by atoms with Crippen LogP contribution >= 0.6 is 0 Å². The van der Waals surface area contributed by atoms with Crippen molar-refractivity contribution in [1.82, 2.24) is 4.90 Å². The van der Waals surface area contributed by atoms with Crippen LogP contribution in [0.1, 0.15) is 24.0 Å². The lowest BCUT2D eigenvalue weighted by atomic mass is 9.88. The molecule has 0 unspecified atom stereocenters. The molecule has 1 aromatic rings. The Morgan fingerprint density at radius 1 is 1.37 bits per heavy atom. The van der Waals surface area contributed by atoms with E-state index >= 15 is 0 Å². The van der Waals surface area contributed by atoms with E-state index in [2.05, 4.69) is 0 Å². The first-order chi connectivity index (χ1) is 9.08. The molecule has 3 nitrogen and oxygen atoms in total. The highest BCUT2D eigenvalue weighted by atomic mass is 16.3. The third-order valence-corrected chi connectivity index (χ3v) is 4.17. The van der Waals surface area contributed by atoms with Gasteiger partial charge in [-0.1, -0.05) is 24.3 Å². The molecule has 1 aliphatic carbocycles. The maximum Gasteiger partial charge on any atom is 0.246 e. The number of hydrogen-bond donors (Lipinski definition) is 1. The Kier molecular flexibility index (Phi) is 2.94. The second kappa shape index (κ2) is 4.49. The fourth-order valence-corrected chi connectivity index (χ4v) is 2.69. The molecule has 1 amide bonds. The Balaban J connectivity index is 1.59. The van der Waals surface area contributed by atoms with E-state index in [9.17, 15) is 9.90 Å². The predicted octanol–water partition coefficient (Wildman–Crippen LogP) is 1.99. The van der Waals surface area contributed by atoms with E-state index < -0.39 is 5.60 Å². The van der Waals surface area contributed by atoms with Gasteiger partial charge in [0.25, 0.3) is 0 Å². The van der Waals surface area contributed by atoms with Crippen molar-refractivity contribution in [2.45, 2.75) is 25.4 Å². The van der Waals surface area contributed by atoms with E-state index in [1.165, 1.54) is 0 Å². The van der Waals surface area contributed by atoms with Crippen LogP contribution in [0.4, 0.5) is 0 Å². The van der Waals surface area contributed by atoms with Crippen LogP contribution in [-0.2, 0) is 4.79 Å². The molecule has 3 rings (SSSR count). The minimum atomic E-state index is -0.591. The number of β-amino-alcohol motifs (C(OH)–C–C–N with tert-alkyl or cyclic N) is 1. The van der Waals surface area contributed by atoms with Crippen molar-refractivity contribution < 1.29 is 9.90 Å². The fourth-order valence-electron chi connectivity index (χ4n) is 2.69. The van der Waals surface area contributed by atoms with E-state index in [0.717, 1.165) is 24.0 Å². The Labute approximate surface area is 113 Å². The van der Waals surface area contributed by atoms with Crippen molar-refractivity contribution >= 4 is 12.0 Å². The monoisotopic (exact) mass is 257 g/mol. The van der Waals surface area contributed by atoms with E-state index in [-0.39, 0.29) is 5.91 Å². The predicted molar refractivity (Wildman–Crippen MR) is 74.5 cm³/mol. The number of hydrogen-bond acceptors (Lipinski definition) is 2. The highest BCUT2D eigenvalue weighted by Crippen LogP contribution is 2.44. The lowest BCUT2D eigenvalue weighted by Crippen LogP contribution is -2.64. The molecule has 0 bridgehead atoms. The molecule has 0 spiro atoms. The number of amides is 1. The summed E-state index contributed by atoms with van der Waals surface area (Å²) < 4.78 is 0. The maximum absolute atomic E-state index is 12.0. The zero-order chi connectivity index (χ0) is 13.5. The van der Waals surface area contributed by atoms with Crippen molar-refractivity contribution in [3.63, 3.8) is 0 Å². The molecular weight excluding hydrogens is 238 g/mol. The molecule has 0 atom stereocenters. The smallest absolute Gasteiger partial charge is 0.246 e. The number of aryl methyl sites for hydroxylation is 1. The van der Waals surface area contributed by atoms with E-state index in [0.29, 0.717) is 19.0 Å². The number of likely N-dealkylation sites (tertiary alicyclic amines) is 1. The van der Waals surface area contributed by atoms with Gasteiger partial charge in [0, 0.05) is 6.08 Å². The van der Waals surface area contributed by atoms with E-state index in [4.69, 9.17) is 0 Å². The number of benzene rings is 1. The van der Waals surface area contributed by atoms with Crippen LogP contribution in [0.2, 0.25) is 0 Å². The molecule has 1 heterocycles. The van der Waals surface area contributed by atoms with Gasteiger partial charge in [-0.05, 0) is 42.9 Å². The van der Waals surface area contributed by atoms with Crippen LogP contribution < -0.4 is 0 Å². The Hall–Kier alpha value is -1.61. The Morgan fingerprint density at radius 3 is 2.68 bits per heavy atom. The van der Waals surface area contributed by atoms with Crippen LogP contribution in [0, 0.1) is 12.8 Å². The van der Waals surface area contributed by atoms with Crippen LogP contribution in [-0.4, -0.2) is 34.6 Å². The lowest BCUT2D eigenvalue weighted by Gasteiger charge is -2.46. The molecule has 3 heteroatoms. The third kappa shape index (κ3) is 2.43. The molecule has 0 radical (unpaired) electrons. The summed E-state index contributed by atoms with van der Waals surface area (Å²) in [4.78, 5) is 13.7. The van der Waals surface area contributed by atoms with Gasteiger partial charge < -0.3 is 10.0 Å². The molecule has 19 heavy (non-hydrogen) atoms.